The number of aromatic nitrogens is 1. The fourth-order valence-corrected chi connectivity index (χ4v) is 4.61. The second kappa shape index (κ2) is 12.1. The Hall–Kier alpha value is -0.930. The topological polar surface area (TPSA) is 86.4 Å². The van der Waals surface area contributed by atoms with Crippen LogP contribution in [-0.2, 0) is 9.59 Å². The van der Waals surface area contributed by atoms with E-state index in [2.05, 4.69) is 25.8 Å². The van der Waals surface area contributed by atoms with E-state index < -0.39 is 0 Å². The Bertz CT molecular complexity index is 662. The average molecular weight is 466 g/mol. The number of nitrogens with zero attached hydrogens (tertiary/aromatic N) is 2. The smallest absolute Gasteiger partial charge is 0.243 e. The SMILES string of the molecule is Cc1nc(NC(=O)C(C)N2CCCC(CNC(=O)C3CCCN3)C2)sc1C.Cl.Cl. The van der Waals surface area contributed by atoms with Crippen LogP contribution in [0.15, 0.2) is 0 Å². The van der Waals surface area contributed by atoms with Gasteiger partial charge in [0.2, 0.25) is 11.8 Å². The molecule has 10 heteroatoms. The maximum absolute atomic E-state index is 12.6. The van der Waals surface area contributed by atoms with E-state index in [-0.39, 0.29) is 48.7 Å². The van der Waals surface area contributed by atoms with Crippen LogP contribution in [0, 0.1) is 19.8 Å². The maximum atomic E-state index is 12.6. The number of hydrogen-bond donors (Lipinski definition) is 3. The Labute approximate surface area is 189 Å². The zero-order valence-corrected chi connectivity index (χ0v) is 19.8. The van der Waals surface area contributed by atoms with Crippen molar-refractivity contribution < 1.29 is 9.59 Å². The fraction of sp³-hybridized carbons (Fsp3) is 0.737. The first-order valence-electron chi connectivity index (χ1n) is 9.94. The van der Waals surface area contributed by atoms with E-state index in [1.54, 1.807) is 0 Å². The van der Waals surface area contributed by atoms with Crippen molar-refractivity contribution in [2.75, 3.05) is 31.5 Å². The normalized spacial score (nSPS) is 22.9. The van der Waals surface area contributed by atoms with Crippen LogP contribution < -0.4 is 16.0 Å². The van der Waals surface area contributed by atoms with Gasteiger partial charge >= 0.3 is 0 Å². The minimum Gasteiger partial charge on any atom is -0.354 e. The quantitative estimate of drug-likeness (QED) is 0.600. The summed E-state index contributed by atoms with van der Waals surface area (Å²) in [7, 11) is 0. The summed E-state index contributed by atoms with van der Waals surface area (Å²) in [5.74, 6) is 0.497. The third kappa shape index (κ3) is 7.07. The molecule has 2 fully saturated rings. The first kappa shape index (κ1) is 26.1. The highest BCUT2D eigenvalue weighted by atomic mass is 35.5. The predicted molar refractivity (Wildman–Crippen MR) is 123 cm³/mol. The van der Waals surface area contributed by atoms with E-state index in [0.717, 1.165) is 55.9 Å². The van der Waals surface area contributed by atoms with Gasteiger partial charge in [0.15, 0.2) is 5.13 Å². The monoisotopic (exact) mass is 465 g/mol. The van der Waals surface area contributed by atoms with Crippen molar-refractivity contribution in [1.29, 1.82) is 0 Å². The summed E-state index contributed by atoms with van der Waals surface area (Å²) < 4.78 is 0. The van der Waals surface area contributed by atoms with Gasteiger partial charge in [0.1, 0.15) is 0 Å². The summed E-state index contributed by atoms with van der Waals surface area (Å²) >= 11 is 1.52. The molecule has 2 aliphatic heterocycles. The lowest BCUT2D eigenvalue weighted by molar-refractivity contribution is -0.124. The van der Waals surface area contributed by atoms with Crippen LogP contribution >= 0.6 is 36.2 Å². The number of anilines is 1. The van der Waals surface area contributed by atoms with E-state index >= 15 is 0 Å². The molecule has 0 saturated carbocycles. The summed E-state index contributed by atoms with van der Waals surface area (Å²) in [5.41, 5.74) is 0.966. The van der Waals surface area contributed by atoms with Gasteiger partial charge in [-0.2, -0.15) is 0 Å². The molecule has 0 aliphatic carbocycles. The Balaban J connectivity index is 0.00000210. The van der Waals surface area contributed by atoms with Gasteiger partial charge in [0.05, 0.1) is 17.8 Å². The van der Waals surface area contributed by atoms with E-state index in [9.17, 15) is 9.59 Å². The molecule has 2 amide bonds. The zero-order chi connectivity index (χ0) is 19.4. The molecule has 29 heavy (non-hydrogen) atoms. The fourth-order valence-electron chi connectivity index (χ4n) is 3.79. The number of carbonyl (C=O) groups excluding carboxylic acids is 2. The van der Waals surface area contributed by atoms with Crippen molar-refractivity contribution in [2.24, 2.45) is 5.92 Å². The average Bonchev–Trinajstić information content (AvgIpc) is 3.30. The third-order valence-corrected chi connectivity index (χ3v) is 6.67. The summed E-state index contributed by atoms with van der Waals surface area (Å²) in [6.45, 7) is 9.28. The van der Waals surface area contributed by atoms with E-state index in [4.69, 9.17) is 0 Å². The van der Waals surface area contributed by atoms with Crippen molar-refractivity contribution >= 4 is 53.1 Å². The van der Waals surface area contributed by atoms with Gasteiger partial charge < -0.3 is 16.0 Å². The lowest BCUT2D eigenvalue weighted by Crippen LogP contribution is -2.50. The highest BCUT2D eigenvalue weighted by molar-refractivity contribution is 7.15. The van der Waals surface area contributed by atoms with Crippen LogP contribution in [0.1, 0.15) is 43.2 Å². The molecule has 2 saturated heterocycles. The summed E-state index contributed by atoms with van der Waals surface area (Å²) in [5, 5.41) is 9.95. The summed E-state index contributed by atoms with van der Waals surface area (Å²) in [6.07, 6.45) is 4.14. The lowest BCUT2D eigenvalue weighted by atomic mass is 9.96. The molecule has 2 aliphatic rings. The molecule has 0 bridgehead atoms. The van der Waals surface area contributed by atoms with E-state index in [1.165, 1.54) is 11.3 Å². The van der Waals surface area contributed by atoms with Gasteiger partial charge in [-0.1, -0.05) is 0 Å². The molecule has 166 valence electrons. The standard InChI is InChI=1S/C19H31N5O2S.2ClH/c1-12-14(3)27-19(22-12)23-17(25)13(2)24-9-5-6-15(11-24)10-21-18(26)16-7-4-8-20-16;;/h13,15-16,20H,4-11H2,1-3H3,(H,21,26)(H,22,23,25);2*1H. The Morgan fingerprint density at radius 1 is 1.28 bits per heavy atom. The van der Waals surface area contributed by atoms with Gasteiger partial charge in [-0.05, 0) is 65.5 Å². The molecular formula is C19H33Cl2N5O2S. The minimum atomic E-state index is -0.204. The lowest BCUT2D eigenvalue weighted by Gasteiger charge is -2.36. The predicted octanol–water partition coefficient (Wildman–Crippen LogP) is 2.51. The number of halogens is 2. The highest BCUT2D eigenvalue weighted by Gasteiger charge is 2.29. The van der Waals surface area contributed by atoms with Crippen LogP contribution in [0.4, 0.5) is 5.13 Å². The number of rotatable bonds is 6. The Kier molecular flexibility index (Phi) is 10.8. The van der Waals surface area contributed by atoms with Crippen molar-refractivity contribution in [1.82, 2.24) is 20.5 Å². The van der Waals surface area contributed by atoms with Crippen LogP contribution in [-0.4, -0.2) is 60.0 Å². The number of aryl methyl sites for hydroxylation is 2. The minimum absolute atomic E-state index is 0. The first-order valence-corrected chi connectivity index (χ1v) is 10.8. The largest absolute Gasteiger partial charge is 0.354 e. The maximum Gasteiger partial charge on any atom is 0.243 e. The molecule has 0 spiro atoms. The molecular weight excluding hydrogens is 433 g/mol. The molecule has 0 radical (unpaired) electrons. The molecule has 1 aromatic rings. The molecule has 7 nitrogen and oxygen atoms in total. The second-order valence-electron chi connectivity index (χ2n) is 7.72. The Morgan fingerprint density at radius 2 is 2.03 bits per heavy atom. The third-order valence-electron chi connectivity index (χ3n) is 5.68. The van der Waals surface area contributed by atoms with Gasteiger partial charge in [0.25, 0.3) is 0 Å². The van der Waals surface area contributed by atoms with E-state index in [1.807, 2.05) is 20.8 Å². The number of carbonyl (C=O) groups is 2. The second-order valence-corrected chi connectivity index (χ2v) is 8.93. The Morgan fingerprint density at radius 3 is 2.66 bits per heavy atom. The number of nitrogens with one attached hydrogen (secondary N) is 3. The summed E-state index contributed by atoms with van der Waals surface area (Å²) in [6, 6.07) is -0.232. The number of likely N-dealkylation sites (tertiary alicyclic amines) is 1. The molecule has 3 heterocycles. The zero-order valence-electron chi connectivity index (χ0n) is 17.3. The molecule has 0 aromatic carbocycles. The molecule has 3 N–H and O–H groups in total. The van der Waals surface area contributed by atoms with Crippen LogP contribution in [0.2, 0.25) is 0 Å². The molecule has 3 atom stereocenters. The molecule has 1 aromatic heterocycles. The van der Waals surface area contributed by atoms with Crippen molar-refractivity contribution in [2.45, 2.75) is 58.5 Å². The molecule has 3 unspecified atom stereocenters. The van der Waals surface area contributed by atoms with Gasteiger partial charge in [-0.3, -0.25) is 14.5 Å². The van der Waals surface area contributed by atoms with Crippen molar-refractivity contribution in [3.8, 4) is 0 Å². The number of hydrogen-bond acceptors (Lipinski definition) is 6. The first-order chi connectivity index (χ1) is 12.9. The van der Waals surface area contributed by atoms with Gasteiger partial charge in [-0.25, -0.2) is 4.98 Å². The van der Waals surface area contributed by atoms with Crippen LogP contribution in [0.3, 0.4) is 0 Å². The van der Waals surface area contributed by atoms with Crippen LogP contribution in [0.25, 0.3) is 0 Å². The number of amides is 2. The van der Waals surface area contributed by atoms with Gasteiger partial charge in [-0.15, -0.1) is 36.2 Å². The molecule has 3 rings (SSSR count). The number of thiazole rings is 1. The van der Waals surface area contributed by atoms with Crippen LogP contribution in [0.5, 0.6) is 0 Å². The van der Waals surface area contributed by atoms with Crippen molar-refractivity contribution in [3.05, 3.63) is 10.6 Å². The van der Waals surface area contributed by atoms with Crippen molar-refractivity contribution in [3.63, 3.8) is 0 Å². The van der Waals surface area contributed by atoms with E-state index in [0.29, 0.717) is 17.6 Å². The highest BCUT2D eigenvalue weighted by Crippen LogP contribution is 2.23. The summed E-state index contributed by atoms with van der Waals surface area (Å²) in [4.78, 5) is 32.5. The van der Waals surface area contributed by atoms with Gasteiger partial charge in [0, 0.05) is 18.0 Å². The number of piperidine rings is 1.